The van der Waals surface area contributed by atoms with Gasteiger partial charge >= 0.3 is 0 Å². The molecule has 0 fully saturated rings. The molecule has 0 radical (unpaired) electrons. The molecule has 0 saturated carbocycles. The Labute approximate surface area is 208 Å². The average molecular weight is 490 g/mol. The summed E-state index contributed by atoms with van der Waals surface area (Å²) in [6.07, 6.45) is 1.58. The first-order chi connectivity index (χ1) is 17.0. The van der Waals surface area contributed by atoms with Crippen LogP contribution in [0.3, 0.4) is 0 Å². The third-order valence-electron chi connectivity index (χ3n) is 5.27. The van der Waals surface area contributed by atoms with Gasteiger partial charge in [-0.1, -0.05) is 84.7 Å². The summed E-state index contributed by atoms with van der Waals surface area (Å²) in [5.41, 5.74) is 10.0. The molecule has 0 aliphatic carbocycles. The monoisotopic (exact) mass is 489 g/mol. The van der Waals surface area contributed by atoms with Gasteiger partial charge in [0.25, 0.3) is 11.7 Å². The summed E-state index contributed by atoms with van der Waals surface area (Å²) in [4.78, 5) is 44.5. The highest BCUT2D eigenvalue weighted by molar-refractivity contribution is 6.47. The van der Waals surface area contributed by atoms with Crippen LogP contribution in [0.25, 0.3) is 10.4 Å². The van der Waals surface area contributed by atoms with E-state index in [2.05, 4.69) is 15.3 Å². The molecule has 9 heteroatoms. The van der Waals surface area contributed by atoms with Crippen molar-refractivity contribution in [1.29, 1.82) is 0 Å². The third kappa shape index (κ3) is 6.26. The Balaban J connectivity index is 2.20. The molecule has 1 atom stereocenters. The smallest absolute Gasteiger partial charge is 0.300 e. The molecule has 1 N–H and O–H groups in total. The first kappa shape index (κ1) is 25.5. The predicted octanol–water partition coefficient (Wildman–Crippen LogP) is 6.16. The second-order valence-corrected chi connectivity index (χ2v) is 8.08. The van der Waals surface area contributed by atoms with E-state index < -0.39 is 23.6 Å². The number of hydrogen-bond acceptors (Lipinski definition) is 4. The number of unbranched alkanes of at least 4 members (excludes halogenated alkanes) is 1. The van der Waals surface area contributed by atoms with Gasteiger partial charge < -0.3 is 5.32 Å². The van der Waals surface area contributed by atoms with Crippen molar-refractivity contribution in [3.63, 3.8) is 0 Å². The van der Waals surface area contributed by atoms with Crippen molar-refractivity contribution in [2.75, 3.05) is 11.4 Å². The number of amides is 2. The van der Waals surface area contributed by atoms with Gasteiger partial charge in [0.15, 0.2) is 0 Å². The fraction of sp³-hybridized carbons (Fsp3) is 0.192. The lowest BCUT2D eigenvalue weighted by atomic mass is 9.99. The summed E-state index contributed by atoms with van der Waals surface area (Å²) in [5.74, 6) is -2.21. The summed E-state index contributed by atoms with van der Waals surface area (Å²) < 4.78 is 0. The molecule has 0 aromatic heterocycles. The third-order valence-corrected chi connectivity index (χ3v) is 5.53. The minimum atomic E-state index is -1.28. The van der Waals surface area contributed by atoms with Crippen LogP contribution < -0.4 is 10.2 Å². The molecule has 1 unspecified atom stereocenters. The fourth-order valence-electron chi connectivity index (χ4n) is 3.55. The summed E-state index contributed by atoms with van der Waals surface area (Å²) >= 11 is 6.06. The molecule has 2 amide bonds. The summed E-state index contributed by atoms with van der Waals surface area (Å²) in [7, 11) is 0. The van der Waals surface area contributed by atoms with Crippen molar-refractivity contribution in [1.82, 2.24) is 5.32 Å². The summed E-state index contributed by atoms with van der Waals surface area (Å²) in [6, 6.07) is 19.5. The van der Waals surface area contributed by atoms with Crippen LogP contribution in [-0.2, 0) is 9.59 Å². The van der Waals surface area contributed by atoms with Crippen LogP contribution in [0.15, 0.2) is 84.0 Å². The number of carbonyl (C=O) groups is 3. The molecule has 3 rings (SSSR count). The number of Topliss-reactive ketones (excluding diaryl/α,β-unsaturated/α-hetero) is 1. The fourth-order valence-corrected chi connectivity index (χ4v) is 3.67. The maximum absolute atomic E-state index is 13.7. The van der Waals surface area contributed by atoms with Crippen LogP contribution in [-0.4, -0.2) is 24.1 Å². The van der Waals surface area contributed by atoms with E-state index in [9.17, 15) is 14.4 Å². The molecule has 0 bridgehead atoms. The number of ketones is 1. The van der Waals surface area contributed by atoms with Crippen LogP contribution in [0.5, 0.6) is 0 Å². The number of benzene rings is 3. The van der Waals surface area contributed by atoms with Gasteiger partial charge in [-0.25, -0.2) is 0 Å². The van der Waals surface area contributed by atoms with Crippen molar-refractivity contribution in [2.45, 2.75) is 25.8 Å². The van der Waals surface area contributed by atoms with Crippen molar-refractivity contribution < 1.29 is 14.4 Å². The second kappa shape index (κ2) is 12.4. The molecular weight excluding hydrogens is 466 g/mol. The number of rotatable bonds is 10. The van der Waals surface area contributed by atoms with Gasteiger partial charge in [0.1, 0.15) is 6.04 Å². The minimum Gasteiger partial charge on any atom is -0.354 e. The van der Waals surface area contributed by atoms with Crippen molar-refractivity contribution >= 4 is 40.6 Å². The van der Waals surface area contributed by atoms with Crippen LogP contribution in [0.1, 0.15) is 41.7 Å². The molecule has 35 heavy (non-hydrogen) atoms. The predicted molar refractivity (Wildman–Crippen MR) is 136 cm³/mol. The van der Waals surface area contributed by atoms with Crippen molar-refractivity contribution in [2.24, 2.45) is 5.11 Å². The van der Waals surface area contributed by atoms with Crippen LogP contribution >= 0.6 is 11.6 Å². The van der Waals surface area contributed by atoms with Crippen LogP contribution in [0, 0.1) is 0 Å². The van der Waals surface area contributed by atoms with Crippen molar-refractivity contribution in [3.8, 4) is 0 Å². The minimum absolute atomic E-state index is 0.171. The maximum atomic E-state index is 13.7. The van der Waals surface area contributed by atoms with E-state index in [1.54, 1.807) is 66.7 Å². The lowest BCUT2D eigenvalue weighted by Gasteiger charge is -2.31. The van der Waals surface area contributed by atoms with E-state index in [-0.39, 0.29) is 22.5 Å². The average Bonchev–Trinajstić information content (AvgIpc) is 2.88. The SMILES string of the molecule is CCCCNC(=O)C(c1ccccc1N=[N+]=[N-])N(C(=O)C(=O)c1ccccc1)c1ccc(Cl)cc1. The number of halogens is 1. The summed E-state index contributed by atoms with van der Waals surface area (Å²) in [5, 5.41) is 6.98. The molecule has 0 spiro atoms. The van der Waals surface area contributed by atoms with E-state index in [0.29, 0.717) is 11.6 Å². The molecule has 3 aromatic carbocycles. The van der Waals surface area contributed by atoms with Gasteiger partial charge in [-0.3, -0.25) is 19.3 Å². The van der Waals surface area contributed by atoms with Gasteiger partial charge in [-0.2, -0.15) is 0 Å². The zero-order chi connectivity index (χ0) is 25.2. The zero-order valence-electron chi connectivity index (χ0n) is 19.1. The lowest BCUT2D eigenvalue weighted by molar-refractivity contribution is -0.125. The first-order valence-corrected chi connectivity index (χ1v) is 11.5. The van der Waals surface area contributed by atoms with Gasteiger partial charge in [0, 0.05) is 33.4 Å². The molecule has 0 aliphatic rings. The Kier molecular flexibility index (Phi) is 9.01. The molecule has 8 nitrogen and oxygen atoms in total. The van der Waals surface area contributed by atoms with Gasteiger partial charge in [-0.05, 0) is 41.8 Å². The second-order valence-electron chi connectivity index (χ2n) is 7.64. The van der Waals surface area contributed by atoms with Gasteiger partial charge in [-0.15, -0.1) is 0 Å². The molecule has 178 valence electrons. The van der Waals surface area contributed by atoms with Gasteiger partial charge in [0.05, 0.1) is 0 Å². The Morgan fingerprint density at radius 3 is 2.31 bits per heavy atom. The molecule has 0 heterocycles. The standard InChI is InChI=1S/C26H24ClN5O3/c1-2-3-17-29-25(34)23(21-11-7-8-12-22(21)30-31-28)32(20-15-13-19(27)14-16-20)26(35)24(33)18-9-5-4-6-10-18/h4-16,23H,2-3,17H2,1H3,(H,29,34). The zero-order valence-corrected chi connectivity index (χ0v) is 19.9. The number of anilines is 1. The Bertz CT molecular complexity index is 1240. The largest absolute Gasteiger partial charge is 0.354 e. The molecular formula is C26H24ClN5O3. The van der Waals surface area contributed by atoms with Crippen LogP contribution in [0.4, 0.5) is 11.4 Å². The lowest BCUT2D eigenvalue weighted by Crippen LogP contribution is -2.46. The Morgan fingerprint density at radius 1 is 1.00 bits per heavy atom. The molecule has 3 aromatic rings. The van der Waals surface area contributed by atoms with Crippen LogP contribution in [0.2, 0.25) is 5.02 Å². The highest BCUT2D eigenvalue weighted by Crippen LogP contribution is 2.34. The maximum Gasteiger partial charge on any atom is 0.300 e. The number of nitrogens with zero attached hydrogens (tertiary/aromatic N) is 4. The first-order valence-electron chi connectivity index (χ1n) is 11.1. The quantitative estimate of drug-likeness (QED) is 0.0918. The number of hydrogen-bond donors (Lipinski definition) is 1. The van der Waals surface area contributed by atoms with E-state index in [0.717, 1.165) is 17.7 Å². The van der Waals surface area contributed by atoms with Gasteiger partial charge in [0.2, 0.25) is 5.91 Å². The van der Waals surface area contributed by atoms with E-state index in [1.807, 2.05) is 6.92 Å². The van der Waals surface area contributed by atoms with E-state index in [4.69, 9.17) is 17.1 Å². The van der Waals surface area contributed by atoms with E-state index >= 15 is 0 Å². The summed E-state index contributed by atoms with van der Waals surface area (Å²) in [6.45, 7) is 2.37. The topological polar surface area (TPSA) is 115 Å². The highest BCUT2D eigenvalue weighted by Gasteiger charge is 2.37. The normalized spacial score (nSPS) is 11.1. The Hall–Kier alpha value is -4.13. The molecule has 0 aliphatic heterocycles. The Morgan fingerprint density at radius 2 is 1.66 bits per heavy atom. The highest BCUT2D eigenvalue weighted by atomic mass is 35.5. The molecule has 0 saturated heterocycles. The van der Waals surface area contributed by atoms with Crippen molar-refractivity contribution in [3.05, 3.63) is 105 Å². The number of azide groups is 1. The van der Waals surface area contributed by atoms with E-state index in [1.165, 1.54) is 12.1 Å². The number of carbonyl (C=O) groups excluding carboxylic acids is 3. The number of nitrogens with one attached hydrogen (secondary N) is 1.